The van der Waals surface area contributed by atoms with Crippen LogP contribution < -0.4 is 5.32 Å². The SMILES string of the molecule is Cc1cc(/C=C/[C@H]2CCC(=O)N2)ccc1Cl. The fraction of sp³-hybridized carbons (Fsp3) is 0.308. The number of amides is 1. The first-order valence-corrected chi connectivity index (χ1v) is 5.76. The molecule has 0 spiro atoms. The maximum absolute atomic E-state index is 11.0. The van der Waals surface area contributed by atoms with Gasteiger partial charge in [-0.2, -0.15) is 0 Å². The second-order valence-electron chi connectivity index (χ2n) is 4.08. The molecule has 1 N–H and O–H groups in total. The smallest absolute Gasteiger partial charge is 0.220 e. The standard InChI is InChI=1S/C13H14ClNO/c1-9-8-10(3-6-12(9)14)2-4-11-5-7-13(16)15-11/h2-4,6,8,11H,5,7H2,1H3,(H,15,16)/b4-2+/t11-/m0/s1. The van der Waals surface area contributed by atoms with E-state index < -0.39 is 0 Å². The number of nitrogens with one attached hydrogen (secondary N) is 1. The molecule has 2 rings (SSSR count). The number of benzene rings is 1. The lowest BCUT2D eigenvalue weighted by atomic mass is 10.1. The second kappa shape index (κ2) is 4.71. The van der Waals surface area contributed by atoms with Gasteiger partial charge in [0, 0.05) is 17.5 Å². The van der Waals surface area contributed by atoms with Crippen LogP contribution in [0.2, 0.25) is 5.02 Å². The lowest BCUT2D eigenvalue weighted by molar-refractivity contribution is -0.119. The molecule has 1 aromatic carbocycles. The molecule has 2 nitrogen and oxygen atoms in total. The number of carbonyl (C=O) groups is 1. The first-order chi connectivity index (χ1) is 7.65. The van der Waals surface area contributed by atoms with Crippen LogP contribution >= 0.6 is 11.6 Å². The molecule has 1 aliphatic rings. The van der Waals surface area contributed by atoms with E-state index in [0.717, 1.165) is 22.6 Å². The Kier molecular flexibility index (Phi) is 3.30. The molecular formula is C13H14ClNO. The summed E-state index contributed by atoms with van der Waals surface area (Å²) in [4.78, 5) is 11.0. The highest BCUT2D eigenvalue weighted by Crippen LogP contribution is 2.18. The number of carbonyl (C=O) groups excluding carboxylic acids is 1. The fourth-order valence-corrected chi connectivity index (χ4v) is 1.90. The molecule has 0 saturated carbocycles. The van der Waals surface area contributed by atoms with Gasteiger partial charge in [-0.15, -0.1) is 0 Å². The van der Waals surface area contributed by atoms with Crippen molar-refractivity contribution in [3.8, 4) is 0 Å². The normalized spacial score (nSPS) is 20.4. The van der Waals surface area contributed by atoms with Crippen molar-refractivity contribution in [2.75, 3.05) is 0 Å². The molecule has 1 heterocycles. The monoisotopic (exact) mass is 235 g/mol. The summed E-state index contributed by atoms with van der Waals surface area (Å²) in [6.45, 7) is 1.98. The van der Waals surface area contributed by atoms with Crippen LogP contribution in [0, 0.1) is 6.92 Å². The number of rotatable bonds is 2. The number of hydrogen-bond donors (Lipinski definition) is 1. The van der Waals surface area contributed by atoms with Gasteiger partial charge in [-0.05, 0) is 30.5 Å². The van der Waals surface area contributed by atoms with Gasteiger partial charge in [0.15, 0.2) is 0 Å². The van der Waals surface area contributed by atoms with Crippen LogP contribution in [0.1, 0.15) is 24.0 Å². The third kappa shape index (κ3) is 2.64. The largest absolute Gasteiger partial charge is 0.350 e. The Bertz CT molecular complexity index is 440. The van der Waals surface area contributed by atoms with Crippen molar-refractivity contribution in [1.82, 2.24) is 5.32 Å². The molecule has 1 aromatic rings. The predicted molar refractivity (Wildman–Crippen MR) is 66.4 cm³/mol. The average Bonchev–Trinajstić information content (AvgIpc) is 2.66. The summed E-state index contributed by atoms with van der Waals surface area (Å²) in [5.41, 5.74) is 2.18. The molecule has 1 atom stereocenters. The molecule has 16 heavy (non-hydrogen) atoms. The zero-order valence-corrected chi connectivity index (χ0v) is 9.92. The van der Waals surface area contributed by atoms with E-state index in [1.54, 1.807) is 0 Å². The third-order valence-corrected chi connectivity index (χ3v) is 3.16. The quantitative estimate of drug-likeness (QED) is 0.839. The maximum atomic E-state index is 11.0. The molecule has 3 heteroatoms. The average molecular weight is 236 g/mol. The molecule has 0 unspecified atom stereocenters. The minimum Gasteiger partial charge on any atom is -0.350 e. The van der Waals surface area contributed by atoms with E-state index >= 15 is 0 Å². The molecule has 84 valence electrons. The predicted octanol–water partition coefficient (Wildman–Crippen LogP) is 2.94. The zero-order chi connectivity index (χ0) is 11.5. The topological polar surface area (TPSA) is 29.1 Å². The van der Waals surface area contributed by atoms with Crippen LogP contribution in [0.4, 0.5) is 0 Å². The van der Waals surface area contributed by atoms with Gasteiger partial charge in [-0.1, -0.05) is 35.9 Å². The van der Waals surface area contributed by atoms with Crippen molar-refractivity contribution in [1.29, 1.82) is 0 Å². The van der Waals surface area contributed by atoms with Gasteiger partial charge in [-0.3, -0.25) is 4.79 Å². The highest BCUT2D eigenvalue weighted by Gasteiger charge is 2.17. The lowest BCUT2D eigenvalue weighted by Gasteiger charge is -2.03. The molecular weight excluding hydrogens is 222 g/mol. The molecule has 0 aliphatic carbocycles. The third-order valence-electron chi connectivity index (χ3n) is 2.73. The van der Waals surface area contributed by atoms with Gasteiger partial charge >= 0.3 is 0 Å². The maximum Gasteiger partial charge on any atom is 0.220 e. The Morgan fingerprint density at radius 3 is 2.94 bits per heavy atom. The Labute approximate surface area is 100 Å². The van der Waals surface area contributed by atoms with E-state index in [9.17, 15) is 4.79 Å². The Morgan fingerprint density at radius 1 is 1.50 bits per heavy atom. The summed E-state index contributed by atoms with van der Waals surface area (Å²) in [6.07, 6.45) is 5.59. The van der Waals surface area contributed by atoms with Crippen LogP contribution in [0.25, 0.3) is 6.08 Å². The molecule has 0 bridgehead atoms. The highest BCUT2D eigenvalue weighted by atomic mass is 35.5. The van der Waals surface area contributed by atoms with Crippen molar-refractivity contribution >= 4 is 23.6 Å². The second-order valence-corrected chi connectivity index (χ2v) is 4.49. The molecule has 1 saturated heterocycles. The van der Waals surface area contributed by atoms with E-state index in [0.29, 0.717) is 6.42 Å². The summed E-state index contributed by atoms with van der Waals surface area (Å²) in [5.74, 6) is 0.141. The molecule has 0 radical (unpaired) electrons. The van der Waals surface area contributed by atoms with Crippen molar-refractivity contribution in [2.45, 2.75) is 25.8 Å². The Hall–Kier alpha value is -1.28. The first kappa shape index (κ1) is 11.2. The molecule has 1 aliphatic heterocycles. The summed E-state index contributed by atoms with van der Waals surface area (Å²) >= 11 is 5.95. The summed E-state index contributed by atoms with van der Waals surface area (Å²) < 4.78 is 0. The van der Waals surface area contributed by atoms with Gasteiger partial charge in [0.1, 0.15) is 0 Å². The Morgan fingerprint density at radius 2 is 2.31 bits per heavy atom. The highest BCUT2D eigenvalue weighted by molar-refractivity contribution is 6.31. The van der Waals surface area contributed by atoms with E-state index in [1.165, 1.54) is 0 Å². The van der Waals surface area contributed by atoms with Crippen LogP contribution in [0.3, 0.4) is 0 Å². The van der Waals surface area contributed by atoms with E-state index in [1.807, 2.05) is 37.3 Å². The first-order valence-electron chi connectivity index (χ1n) is 5.39. The van der Waals surface area contributed by atoms with Crippen molar-refractivity contribution in [3.63, 3.8) is 0 Å². The van der Waals surface area contributed by atoms with Crippen molar-refractivity contribution in [2.24, 2.45) is 0 Å². The summed E-state index contributed by atoms with van der Waals surface area (Å²) in [5, 5.41) is 3.68. The molecule has 0 aromatic heterocycles. The van der Waals surface area contributed by atoms with Gasteiger partial charge in [0.2, 0.25) is 5.91 Å². The van der Waals surface area contributed by atoms with Gasteiger partial charge in [0.25, 0.3) is 0 Å². The van der Waals surface area contributed by atoms with Gasteiger partial charge in [0.05, 0.1) is 0 Å². The number of halogens is 1. The fourth-order valence-electron chi connectivity index (χ4n) is 1.78. The van der Waals surface area contributed by atoms with Gasteiger partial charge in [-0.25, -0.2) is 0 Å². The van der Waals surface area contributed by atoms with Gasteiger partial charge < -0.3 is 5.32 Å². The van der Waals surface area contributed by atoms with E-state index in [-0.39, 0.29) is 11.9 Å². The van der Waals surface area contributed by atoms with Crippen molar-refractivity contribution in [3.05, 3.63) is 40.4 Å². The lowest BCUT2D eigenvalue weighted by Crippen LogP contribution is -2.22. The number of hydrogen-bond acceptors (Lipinski definition) is 1. The number of aryl methyl sites for hydroxylation is 1. The zero-order valence-electron chi connectivity index (χ0n) is 9.16. The van der Waals surface area contributed by atoms with E-state index in [4.69, 9.17) is 11.6 Å². The Balaban J connectivity index is 2.06. The molecule has 1 fully saturated rings. The minimum absolute atomic E-state index is 0.141. The van der Waals surface area contributed by atoms with Crippen molar-refractivity contribution < 1.29 is 4.79 Å². The van der Waals surface area contributed by atoms with Crippen LogP contribution in [-0.2, 0) is 4.79 Å². The summed E-state index contributed by atoms with van der Waals surface area (Å²) in [6, 6.07) is 6.09. The van der Waals surface area contributed by atoms with Crippen LogP contribution in [0.5, 0.6) is 0 Å². The molecule has 1 amide bonds. The van der Waals surface area contributed by atoms with Crippen LogP contribution in [-0.4, -0.2) is 11.9 Å². The summed E-state index contributed by atoms with van der Waals surface area (Å²) in [7, 11) is 0. The van der Waals surface area contributed by atoms with Crippen LogP contribution in [0.15, 0.2) is 24.3 Å². The minimum atomic E-state index is 0.141. The van der Waals surface area contributed by atoms with E-state index in [2.05, 4.69) is 5.32 Å².